The zero-order chi connectivity index (χ0) is 15.8. The van der Waals surface area contributed by atoms with Crippen molar-refractivity contribution >= 4 is 28.3 Å². The molecule has 4 rings (SSSR count). The van der Waals surface area contributed by atoms with Gasteiger partial charge in [0.15, 0.2) is 0 Å². The van der Waals surface area contributed by atoms with Crippen molar-refractivity contribution in [2.24, 2.45) is 0 Å². The third-order valence-corrected chi connectivity index (χ3v) is 6.87. The first kappa shape index (κ1) is 16.7. The summed E-state index contributed by atoms with van der Waals surface area (Å²) in [6, 6.07) is 0. The van der Waals surface area contributed by atoms with Gasteiger partial charge in [-0.05, 0) is 12.0 Å². The Morgan fingerprint density at radius 2 is 1.91 bits per heavy atom. The lowest BCUT2D eigenvalue weighted by atomic mass is 10.0. The number of hydrogen-bond donors (Lipinski definition) is 1. The fourth-order valence-electron chi connectivity index (χ4n) is 3.91. The number of quaternary nitrogens is 2. The van der Waals surface area contributed by atoms with E-state index in [1.54, 1.807) is 5.57 Å². The first-order valence-electron chi connectivity index (χ1n) is 8.70. The van der Waals surface area contributed by atoms with Crippen LogP contribution >= 0.6 is 24.0 Å². The van der Waals surface area contributed by atoms with Crippen molar-refractivity contribution in [3.05, 3.63) is 11.6 Å². The van der Waals surface area contributed by atoms with E-state index in [1.165, 1.54) is 56.7 Å². The summed E-state index contributed by atoms with van der Waals surface area (Å²) in [5.74, 6) is 0. The van der Waals surface area contributed by atoms with Gasteiger partial charge in [-0.3, -0.25) is 0 Å². The molecule has 0 aromatic carbocycles. The maximum absolute atomic E-state index is 5.63. The van der Waals surface area contributed by atoms with Gasteiger partial charge in [0.05, 0.1) is 0 Å². The minimum atomic E-state index is 0.218. The predicted molar refractivity (Wildman–Crippen MR) is 99.5 cm³/mol. The Kier molecular flexibility index (Phi) is 4.89. The number of thioether (sulfide) groups is 1. The highest BCUT2D eigenvalue weighted by atomic mass is 32.2. The molecule has 0 aromatic heterocycles. The highest BCUT2D eigenvalue weighted by Gasteiger charge is 2.41. The Bertz CT molecular complexity index is 445. The van der Waals surface area contributed by atoms with Gasteiger partial charge < -0.3 is 14.3 Å². The highest BCUT2D eigenvalue weighted by molar-refractivity contribution is 8.23. The minimum Gasteiger partial charge on any atom is -0.353 e. The maximum atomic E-state index is 5.63. The molecular formula is C17H31N3S2+2. The Morgan fingerprint density at radius 3 is 2.41 bits per heavy atom. The van der Waals surface area contributed by atoms with Gasteiger partial charge >= 0.3 is 0 Å². The first-order chi connectivity index (χ1) is 10.4. The van der Waals surface area contributed by atoms with Gasteiger partial charge in [0.2, 0.25) is 0 Å². The number of nitrogens with one attached hydrogen (secondary N) is 1. The van der Waals surface area contributed by atoms with Crippen molar-refractivity contribution in [3.8, 4) is 0 Å². The van der Waals surface area contributed by atoms with Crippen LogP contribution in [0.3, 0.4) is 0 Å². The molecular weight excluding hydrogens is 310 g/mol. The van der Waals surface area contributed by atoms with E-state index in [4.69, 9.17) is 12.2 Å². The molecule has 0 radical (unpaired) electrons. The Labute approximate surface area is 145 Å². The Morgan fingerprint density at radius 1 is 1.27 bits per heavy atom. The Hall–Kier alpha value is -0.100. The summed E-state index contributed by atoms with van der Waals surface area (Å²) in [5.41, 5.74) is 1.69. The van der Waals surface area contributed by atoms with Gasteiger partial charge in [-0.25, -0.2) is 0 Å². The minimum absolute atomic E-state index is 0.218. The van der Waals surface area contributed by atoms with Crippen molar-refractivity contribution in [3.63, 3.8) is 0 Å². The van der Waals surface area contributed by atoms with Gasteiger partial charge in [0, 0.05) is 17.8 Å². The van der Waals surface area contributed by atoms with E-state index in [9.17, 15) is 0 Å². The molecule has 1 N–H and O–H groups in total. The van der Waals surface area contributed by atoms with Crippen molar-refractivity contribution in [1.29, 1.82) is 0 Å². The largest absolute Gasteiger partial charge is 0.353 e. The van der Waals surface area contributed by atoms with E-state index in [1.807, 2.05) is 16.7 Å². The molecule has 124 valence electrons. The Balaban J connectivity index is 1.54. The van der Waals surface area contributed by atoms with Crippen LogP contribution in [0.25, 0.3) is 0 Å². The van der Waals surface area contributed by atoms with Crippen LogP contribution in [0.4, 0.5) is 0 Å². The smallest absolute Gasteiger partial charge is 0.137 e. The average molecular weight is 342 g/mol. The molecule has 4 heterocycles. The molecule has 3 saturated heterocycles. The van der Waals surface area contributed by atoms with Crippen LogP contribution < -0.4 is 4.90 Å². The number of thiocarbonyl (C=S) groups is 1. The second kappa shape index (κ2) is 6.42. The lowest BCUT2D eigenvalue weighted by Crippen LogP contribution is -3.19. The molecule has 4 aliphatic heterocycles. The topological polar surface area (TPSA) is 7.68 Å². The normalized spacial score (nSPS) is 32.0. The summed E-state index contributed by atoms with van der Waals surface area (Å²) in [6.45, 7) is 18.5. The molecule has 4 aliphatic rings. The summed E-state index contributed by atoms with van der Waals surface area (Å²) in [7, 11) is 0. The molecule has 22 heavy (non-hydrogen) atoms. The molecule has 3 fully saturated rings. The van der Waals surface area contributed by atoms with Gasteiger partial charge in [0.1, 0.15) is 50.1 Å². The van der Waals surface area contributed by atoms with Crippen LogP contribution in [0, 0.1) is 0 Å². The zero-order valence-corrected chi connectivity index (χ0v) is 16.0. The number of piperazine rings is 3. The maximum Gasteiger partial charge on any atom is 0.137 e. The van der Waals surface area contributed by atoms with Gasteiger partial charge in [0.25, 0.3) is 0 Å². The SMILES string of the molecule is CC(C)(C)SC(=S)N1CC=C(C[N+]23CC[NH+](CC2)CC3)CC1. The van der Waals surface area contributed by atoms with Gasteiger partial charge in [-0.2, -0.15) is 0 Å². The number of rotatable bonds is 2. The van der Waals surface area contributed by atoms with Crippen molar-refractivity contribution in [2.75, 3.05) is 58.9 Å². The lowest BCUT2D eigenvalue weighted by molar-refractivity contribution is -1.07. The lowest BCUT2D eigenvalue weighted by Gasteiger charge is -2.48. The average Bonchev–Trinajstić information content (AvgIpc) is 2.47. The van der Waals surface area contributed by atoms with Gasteiger partial charge in [-0.15, -0.1) is 0 Å². The number of nitrogens with zero attached hydrogens (tertiary/aromatic N) is 2. The van der Waals surface area contributed by atoms with Crippen LogP contribution in [0.5, 0.6) is 0 Å². The van der Waals surface area contributed by atoms with E-state index in [0.29, 0.717) is 0 Å². The third kappa shape index (κ3) is 4.05. The second-order valence-electron chi connectivity index (χ2n) is 8.21. The summed E-state index contributed by atoms with van der Waals surface area (Å²) >= 11 is 7.46. The monoisotopic (exact) mass is 341 g/mol. The highest BCUT2D eigenvalue weighted by Crippen LogP contribution is 2.28. The first-order valence-corrected chi connectivity index (χ1v) is 9.92. The summed E-state index contributed by atoms with van der Waals surface area (Å²) in [5, 5.41) is 0. The molecule has 5 heteroatoms. The van der Waals surface area contributed by atoms with Crippen molar-refractivity contribution < 1.29 is 9.38 Å². The fraction of sp³-hybridized carbons (Fsp3) is 0.824. The molecule has 0 atom stereocenters. The molecule has 0 amide bonds. The van der Waals surface area contributed by atoms with Crippen LogP contribution in [0.2, 0.25) is 0 Å². The van der Waals surface area contributed by atoms with Crippen LogP contribution in [-0.4, -0.2) is 77.4 Å². The van der Waals surface area contributed by atoms with E-state index in [-0.39, 0.29) is 4.75 Å². The molecule has 0 saturated carbocycles. The zero-order valence-electron chi connectivity index (χ0n) is 14.4. The standard InChI is InChI=1S/C17H30N3S2/c1-17(2,3)22-16(21)19-6-4-15(5-7-19)14-20-11-8-18(9-12-20)10-13-20/h4H,5-14H2,1-3H3/q+1/p+1. The predicted octanol–water partition coefficient (Wildman–Crippen LogP) is 1.16. The van der Waals surface area contributed by atoms with Crippen LogP contribution in [0.1, 0.15) is 27.2 Å². The fourth-order valence-corrected chi connectivity index (χ4v) is 5.65. The summed E-state index contributed by atoms with van der Waals surface area (Å²) in [6.07, 6.45) is 3.68. The molecule has 0 aliphatic carbocycles. The van der Waals surface area contributed by atoms with E-state index in [0.717, 1.165) is 17.4 Å². The molecule has 0 unspecified atom stereocenters. The molecule has 2 bridgehead atoms. The number of hydrogen-bond acceptors (Lipinski definition) is 2. The number of fused-ring (bicyclic) bond motifs is 3. The second-order valence-corrected chi connectivity index (χ2v) is 10.7. The van der Waals surface area contributed by atoms with E-state index in [2.05, 4.69) is 31.7 Å². The van der Waals surface area contributed by atoms with E-state index >= 15 is 0 Å². The van der Waals surface area contributed by atoms with Crippen LogP contribution in [-0.2, 0) is 0 Å². The molecule has 0 spiro atoms. The van der Waals surface area contributed by atoms with Crippen molar-refractivity contribution in [1.82, 2.24) is 4.90 Å². The quantitative estimate of drug-likeness (QED) is 0.458. The van der Waals surface area contributed by atoms with Crippen LogP contribution in [0.15, 0.2) is 11.6 Å². The summed E-state index contributed by atoms with van der Waals surface area (Å²) in [4.78, 5) is 4.22. The van der Waals surface area contributed by atoms with E-state index < -0.39 is 0 Å². The third-order valence-electron chi connectivity index (χ3n) is 5.31. The van der Waals surface area contributed by atoms with Gasteiger partial charge in [-0.1, -0.05) is 50.8 Å². The molecule has 0 aromatic rings. The van der Waals surface area contributed by atoms with Crippen molar-refractivity contribution in [2.45, 2.75) is 31.9 Å². The summed E-state index contributed by atoms with van der Waals surface area (Å²) < 4.78 is 2.66. The molecule has 3 nitrogen and oxygen atoms in total.